The van der Waals surface area contributed by atoms with Crippen LogP contribution in [0.5, 0.6) is 11.5 Å². The summed E-state index contributed by atoms with van der Waals surface area (Å²) in [5.41, 5.74) is 5.08. The van der Waals surface area contributed by atoms with Gasteiger partial charge in [-0.15, -0.1) is 0 Å². The molecule has 1 fully saturated rings. The van der Waals surface area contributed by atoms with Crippen LogP contribution < -0.4 is 14.8 Å². The minimum absolute atomic E-state index is 0.00520. The molecule has 1 saturated heterocycles. The van der Waals surface area contributed by atoms with E-state index in [0.29, 0.717) is 13.2 Å². The number of oxime groups is 1. The molecule has 6 rings (SSSR count). The lowest BCUT2D eigenvalue weighted by atomic mass is 9.89. The Morgan fingerprint density at radius 2 is 1.97 bits per heavy atom. The van der Waals surface area contributed by atoms with Crippen LogP contribution in [-0.4, -0.2) is 80.6 Å². The summed E-state index contributed by atoms with van der Waals surface area (Å²) < 4.78 is 25.4. The molecule has 4 aliphatic heterocycles. The normalized spacial score (nSPS) is 24.2. The highest BCUT2D eigenvalue weighted by Crippen LogP contribution is 2.40. The van der Waals surface area contributed by atoms with Crippen LogP contribution in [0.2, 0.25) is 0 Å². The monoisotopic (exact) mass is 478 g/mol. The van der Waals surface area contributed by atoms with Crippen molar-refractivity contribution in [1.82, 2.24) is 9.80 Å². The molecule has 0 aliphatic carbocycles. The van der Waals surface area contributed by atoms with Gasteiger partial charge in [0, 0.05) is 57.4 Å². The maximum absolute atomic E-state index is 13.5. The summed E-state index contributed by atoms with van der Waals surface area (Å²) in [6.45, 7) is 9.85. The van der Waals surface area contributed by atoms with Crippen molar-refractivity contribution in [2.24, 2.45) is 11.1 Å². The number of hydrogen-bond acceptors (Lipinski definition) is 7. The van der Waals surface area contributed by atoms with E-state index in [4.69, 9.17) is 14.3 Å². The summed E-state index contributed by atoms with van der Waals surface area (Å²) in [5.74, 6) is 1.63. The number of benzene rings is 2. The van der Waals surface area contributed by atoms with Crippen LogP contribution in [0.3, 0.4) is 0 Å². The van der Waals surface area contributed by atoms with E-state index >= 15 is 0 Å². The van der Waals surface area contributed by atoms with Gasteiger partial charge in [0.1, 0.15) is 36.2 Å². The Balaban J connectivity index is 1.03. The van der Waals surface area contributed by atoms with Crippen molar-refractivity contribution < 1.29 is 18.7 Å². The molecule has 4 heterocycles. The van der Waals surface area contributed by atoms with E-state index in [0.717, 1.165) is 79.8 Å². The number of hydrogen-bond donors (Lipinski definition) is 1. The number of ether oxygens (including phenoxy) is 2. The molecule has 0 aromatic heterocycles. The predicted octanol–water partition coefficient (Wildman–Crippen LogP) is 3.46. The van der Waals surface area contributed by atoms with Gasteiger partial charge >= 0.3 is 0 Å². The summed E-state index contributed by atoms with van der Waals surface area (Å²) in [6, 6.07) is 10.8. The van der Waals surface area contributed by atoms with Crippen LogP contribution in [0.25, 0.3) is 6.08 Å². The highest BCUT2D eigenvalue weighted by molar-refractivity contribution is 6.07. The first kappa shape index (κ1) is 22.4. The molecule has 0 amide bonds. The molecule has 2 unspecified atom stereocenters. The van der Waals surface area contributed by atoms with Crippen LogP contribution >= 0.6 is 0 Å². The molecule has 0 bridgehead atoms. The molecule has 0 radical (unpaired) electrons. The Bertz CT molecular complexity index is 1160. The molecule has 2 aromatic carbocycles. The molecular formula is C27H31FN4O3. The molecule has 0 saturated carbocycles. The Hall–Kier alpha value is -3.10. The third kappa shape index (κ3) is 4.73. The van der Waals surface area contributed by atoms with Gasteiger partial charge in [-0.3, -0.25) is 9.80 Å². The van der Waals surface area contributed by atoms with Gasteiger partial charge in [0.05, 0.1) is 11.6 Å². The van der Waals surface area contributed by atoms with Crippen LogP contribution in [0, 0.1) is 11.7 Å². The van der Waals surface area contributed by atoms with E-state index in [1.165, 1.54) is 11.6 Å². The molecule has 1 N–H and O–H groups in total. The minimum atomic E-state index is -0.196. The predicted molar refractivity (Wildman–Crippen MR) is 134 cm³/mol. The van der Waals surface area contributed by atoms with Crippen LogP contribution in [0.1, 0.15) is 18.1 Å². The summed E-state index contributed by atoms with van der Waals surface area (Å²) in [4.78, 5) is 10.8. The zero-order chi connectivity index (χ0) is 23.8. The van der Waals surface area contributed by atoms with Gasteiger partial charge in [-0.1, -0.05) is 28.9 Å². The standard InChI is InChI=1S/C27H31FN4O3/c1-18(11-19-3-2-4-20(28)12-19)15-31-6-8-32(9-7-31)16-26-22-17-34-24-14-23-25(33-10-5-29-23)13-21(24)27(22)30-35-26/h2-4,11-14,22,26,29H,5-10,15-17H2,1H3/b18-11+. The topological polar surface area (TPSA) is 58.6 Å². The third-order valence-electron chi connectivity index (χ3n) is 7.18. The van der Waals surface area contributed by atoms with Crippen molar-refractivity contribution in [2.45, 2.75) is 13.0 Å². The van der Waals surface area contributed by atoms with E-state index < -0.39 is 0 Å². The number of rotatable bonds is 5. The first-order valence-electron chi connectivity index (χ1n) is 12.4. The maximum atomic E-state index is 13.5. The molecule has 35 heavy (non-hydrogen) atoms. The Morgan fingerprint density at radius 3 is 2.83 bits per heavy atom. The Morgan fingerprint density at radius 1 is 1.11 bits per heavy atom. The van der Waals surface area contributed by atoms with Gasteiger partial charge in [0.2, 0.25) is 0 Å². The van der Waals surface area contributed by atoms with Crippen molar-refractivity contribution in [1.29, 1.82) is 0 Å². The Kier molecular flexibility index (Phi) is 6.08. The summed E-state index contributed by atoms with van der Waals surface area (Å²) in [7, 11) is 0. The largest absolute Gasteiger partial charge is 0.492 e. The van der Waals surface area contributed by atoms with E-state index in [1.54, 1.807) is 12.1 Å². The first-order valence-corrected chi connectivity index (χ1v) is 12.4. The lowest BCUT2D eigenvalue weighted by Gasteiger charge is -2.36. The lowest BCUT2D eigenvalue weighted by molar-refractivity contribution is 0.0101. The van der Waals surface area contributed by atoms with Crippen molar-refractivity contribution in [3.8, 4) is 11.5 Å². The molecule has 4 aliphatic rings. The zero-order valence-electron chi connectivity index (χ0n) is 20.0. The molecule has 2 aromatic rings. The van der Waals surface area contributed by atoms with E-state index in [2.05, 4.69) is 33.3 Å². The molecule has 184 valence electrons. The van der Waals surface area contributed by atoms with Crippen molar-refractivity contribution in [3.05, 3.63) is 58.9 Å². The van der Waals surface area contributed by atoms with Gasteiger partial charge in [-0.2, -0.15) is 0 Å². The van der Waals surface area contributed by atoms with E-state index in [1.807, 2.05) is 18.2 Å². The van der Waals surface area contributed by atoms with Crippen LogP contribution in [0.4, 0.5) is 10.1 Å². The van der Waals surface area contributed by atoms with Gasteiger partial charge in [-0.25, -0.2) is 4.39 Å². The lowest BCUT2D eigenvalue weighted by Crippen LogP contribution is -2.50. The van der Waals surface area contributed by atoms with Gasteiger partial charge in [0.25, 0.3) is 0 Å². The second kappa shape index (κ2) is 9.51. The fraction of sp³-hybridized carbons (Fsp3) is 0.444. The van der Waals surface area contributed by atoms with Gasteiger partial charge in [-0.05, 0) is 30.7 Å². The number of nitrogens with zero attached hydrogens (tertiary/aromatic N) is 3. The average molecular weight is 479 g/mol. The third-order valence-corrected chi connectivity index (χ3v) is 7.18. The summed E-state index contributed by atoms with van der Waals surface area (Å²) >= 11 is 0. The van der Waals surface area contributed by atoms with Crippen LogP contribution in [0.15, 0.2) is 47.1 Å². The maximum Gasteiger partial charge on any atom is 0.151 e. The minimum Gasteiger partial charge on any atom is -0.492 e. The van der Waals surface area contributed by atoms with Crippen molar-refractivity contribution in [2.75, 3.05) is 64.3 Å². The number of halogens is 1. The summed E-state index contributed by atoms with van der Waals surface area (Å²) in [6.07, 6.45) is 2.06. The van der Waals surface area contributed by atoms with E-state index in [9.17, 15) is 4.39 Å². The smallest absolute Gasteiger partial charge is 0.151 e. The number of fused-ring (bicyclic) bond motifs is 4. The summed E-state index contributed by atoms with van der Waals surface area (Å²) in [5, 5.41) is 7.84. The van der Waals surface area contributed by atoms with E-state index in [-0.39, 0.29) is 17.8 Å². The fourth-order valence-corrected chi connectivity index (χ4v) is 5.36. The molecule has 0 spiro atoms. The van der Waals surface area contributed by atoms with Gasteiger partial charge < -0.3 is 19.6 Å². The highest BCUT2D eigenvalue weighted by atomic mass is 19.1. The quantitative estimate of drug-likeness (QED) is 0.711. The number of anilines is 1. The second-order valence-electron chi connectivity index (χ2n) is 9.78. The van der Waals surface area contributed by atoms with Crippen LogP contribution in [-0.2, 0) is 4.84 Å². The van der Waals surface area contributed by atoms with Gasteiger partial charge in [0.15, 0.2) is 6.10 Å². The second-order valence-corrected chi connectivity index (χ2v) is 9.78. The number of piperazine rings is 1. The molecule has 8 heteroatoms. The number of nitrogens with one attached hydrogen (secondary N) is 1. The molecule has 2 atom stereocenters. The SMILES string of the molecule is C/C(=C\c1cccc(F)c1)CN1CCN(CC2ON=C3c4cc5c(cc4OCC32)NCCO5)CC1. The average Bonchev–Trinajstić information content (AvgIpc) is 3.27. The van der Waals surface area contributed by atoms with Crippen molar-refractivity contribution in [3.63, 3.8) is 0 Å². The zero-order valence-corrected chi connectivity index (χ0v) is 20.0. The van der Waals surface area contributed by atoms with Crippen molar-refractivity contribution >= 4 is 17.5 Å². The first-order chi connectivity index (χ1) is 17.1. The fourth-order valence-electron chi connectivity index (χ4n) is 5.36. The Labute approximate surface area is 205 Å². The highest BCUT2D eigenvalue weighted by Gasteiger charge is 2.41. The molecular weight excluding hydrogens is 447 g/mol. The molecule has 7 nitrogen and oxygen atoms in total.